The van der Waals surface area contributed by atoms with Crippen LogP contribution in [0.25, 0.3) is 4.85 Å². The lowest BCUT2D eigenvalue weighted by Gasteiger charge is -2.09. The molecule has 0 saturated carbocycles. The maximum Gasteiger partial charge on any atom is 0.244 e. The Hall–Kier alpha value is -2.31. The number of aliphatic hydroxyl groups excluding tert-OH is 1. The molecule has 0 heterocycles. The highest BCUT2D eigenvalue weighted by Gasteiger charge is 2.10. The van der Waals surface area contributed by atoms with Crippen LogP contribution in [0.4, 0.5) is 0 Å². The first-order chi connectivity index (χ1) is 8.79. The summed E-state index contributed by atoms with van der Waals surface area (Å²) in [7, 11) is 0. The number of rotatable bonds is 4. The summed E-state index contributed by atoms with van der Waals surface area (Å²) in [4.78, 5) is 3.18. The first-order valence-electron chi connectivity index (χ1n) is 5.64. The van der Waals surface area contributed by atoms with Gasteiger partial charge in [-0.3, -0.25) is 0 Å². The van der Waals surface area contributed by atoms with Gasteiger partial charge in [0.15, 0.2) is 6.10 Å². The van der Waals surface area contributed by atoms with Crippen LogP contribution in [0.3, 0.4) is 0 Å². The van der Waals surface area contributed by atoms with Gasteiger partial charge in [-0.1, -0.05) is 30.3 Å². The van der Waals surface area contributed by atoms with E-state index < -0.39 is 6.10 Å². The normalized spacial score (nSPS) is 11.6. The van der Waals surface area contributed by atoms with Gasteiger partial charge in [0, 0.05) is 0 Å². The van der Waals surface area contributed by atoms with Gasteiger partial charge >= 0.3 is 0 Å². The molecule has 90 valence electrons. The fourth-order valence-corrected chi connectivity index (χ4v) is 1.60. The minimum absolute atomic E-state index is 0.0643. The molecule has 3 nitrogen and oxygen atoms in total. The lowest BCUT2D eigenvalue weighted by Crippen LogP contribution is -2.00. The maximum absolute atomic E-state index is 9.74. The molecule has 0 aliphatic heterocycles. The molecular formula is C15H13NO2. The van der Waals surface area contributed by atoms with Crippen LogP contribution >= 0.6 is 0 Å². The molecule has 0 aliphatic rings. The summed E-state index contributed by atoms with van der Waals surface area (Å²) in [5.41, 5.74) is 0.694. The van der Waals surface area contributed by atoms with Crippen LogP contribution in [0, 0.1) is 6.57 Å². The molecule has 0 saturated heterocycles. The first-order valence-corrected chi connectivity index (χ1v) is 5.64. The summed E-state index contributed by atoms with van der Waals surface area (Å²) in [5, 5.41) is 9.74. The van der Waals surface area contributed by atoms with E-state index in [9.17, 15) is 5.11 Å². The molecule has 1 unspecified atom stereocenters. The SMILES string of the molecule is [C-]#[N+]CC(O)c1cccc(Oc2ccccc2)c1. The standard InChI is InChI=1S/C15H13NO2/c1-16-11-15(17)12-6-5-9-14(10-12)18-13-7-3-2-4-8-13/h2-10,15,17H,11H2. The molecule has 2 aromatic rings. The number of hydrogen-bond donors (Lipinski definition) is 1. The molecule has 18 heavy (non-hydrogen) atoms. The molecule has 0 aromatic heterocycles. The van der Waals surface area contributed by atoms with Crippen molar-refractivity contribution in [2.45, 2.75) is 6.10 Å². The highest BCUT2D eigenvalue weighted by Crippen LogP contribution is 2.24. The molecule has 0 amide bonds. The molecule has 0 bridgehead atoms. The summed E-state index contributed by atoms with van der Waals surface area (Å²) >= 11 is 0. The third kappa shape index (κ3) is 3.09. The van der Waals surface area contributed by atoms with Gasteiger partial charge in [-0.15, -0.1) is 0 Å². The fourth-order valence-electron chi connectivity index (χ4n) is 1.60. The van der Waals surface area contributed by atoms with E-state index in [0.29, 0.717) is 11.3 Å². The Kier molecular flexibility index (Phi) is 3.95. The van der Waals surface area contributed by atoms with E-state index in [0.717, 1.165) is 5.75 Å². The zero-order valence-corrected chi connectivity index (χ0v) is 9.78. The van der Waals surface area contributed by atoms with Crippen molar-refractivity contribution in [3.8, 4) is 11.5 Å². The van der Waals surface area contributed by atoms with Crippen molar-refractivity contribution < 1.29 is 9.84 Å². The van der Waals surface area contributed by atoms with Gasteiger partial charge in [0.05, 0.1) is 0 Å². The Balaban J connectivity index is 2.15. The van der Waals surface area contributed by atoms with E-state index >= 15 is 0 Å². The van der Waals surface area contributed by atoms with Crippen LogP contribution in [-0.4, -0.2) is 11.7 Å². The van der Waals surface area contributed by atoms with E-state index in [-0.39, 0.29) is 6.54 Å². The molecular weight excluding hydrogens is 226 g/mol. The van der Waals surface area contributed by atoms with E-state index in [2.05, 4.69) is 4.85 Å². The van der Waals surface area contributed by atoms with Crippen molar-refractivity contribution in [1.29, 1.82) is 0 Å². The summed E-state index contributed by atoms with van der Waals surface area (Å²) in [6.45, 7) is 6.81. The third-order valence-electron chi connectivity index (χ3n) is 2.49. The molecule has 3 heteroatoms. The van der Waals surface area contributed by atoms with Crippen molar-refractivity contribution in [3.63, 3.8) is 0 Å². The van der Waals surface area contributed by atoms with E-state index in [1.807, 2.05) is 36.4 Å². The zero-order chi connectivity index (χ0) is 12.8. The van der Waals surface area contributed by atoms with Crippen molar-refractivity contribution in [3.05, 3.63) is 71.6 Å². The molecule has 0 radical (unpaired) electrons. The predicted octanol–water partition coefficient (Wildman–Crippen LogP) is 3.43. The van der Waals surface area contributed by atoms with Crippen LogP contribution < -0.4 is 4.74 Å². The summed E-state index contributed by atoms with van der Waals surface area (Å²) < 4.78 is 5.66. The average Bonchev–Trinajstić information content (AvgIpc) is 2.40. The lowest BCUT2D eigenvalue weighted by atomic mass is 10.1. The Morgan fingerprint density at radius 2 is 1.78 bits per heavy atom. The highest BCUT2D eigenvalue weighted by atomic mass is 16.5. The van der Waals surface area contributed by atoms with Crippen LogP contribution in [0.1, 0.15) is 11.7 Å². The molecule has 1 N–H and O–H groups in total. The number of aliphatic hydroxyl groups is 1. The van der Waals surface area contributed by atoms with Gasteiger partial charge < -0.3 is 14.7 Å². The highest BCUT2D eigenvalue weighted by molar-refractivity contribution is 5.34. The van der Waals surface area contributed by atoms with E-state index in [4.69, 9.17) is 11.3 Å². The van der Waals surface area contributed by atoms with Crippen LogP contribution in [0.15, 0.2) is 54.6 Å². The second kappa shape index (κ2) is 5.85. The molecule has 0 aliphatic carbocycles. The fraction of sp³-hybridized carbons (Fsp3) is 0.133. The summed E-state index contributed by atoms with van der Waals surface area (Å²) in [6, 6.07) is 16.6. The molecule has 2 aromatic carbocycles. The summed E-state index contributed by atoms with van der Waals surface area (Å²) in [6.07, 6.45) is -0.762. The van der Waals surface area contributed by atoms with Crippen molar-refractivity contribution in [2.24, 2.45) is 0 Å². The predicted molar refractivity (Wildman–Crippen MR) is 69.4 cm³/mol. The second-order valence-electron chi connectivity index (χ2n) is 3.84. The Morgan fingerprint density at radius 1 is 1.06 bits per heavy atom. The largest absolute Gasteiger partial charge is 0.457 e. The zero-order valence-electron chi connectivity index (χ0n) is 9.78. The number of para-hydroxylation sites is 1. The van der Waals surface area contributed by atoms with Gasteiger partial charge in [-0.2, -0.15) is 0 Å². The van der Waals surface area contributed by atoms with Crippen LogP contribution in [0.2, 0.25) is 0 Å². The molecule has 0 spiro atoms. The third-order valence-corrected chi connectivity index (χ3v) is 2.49. The molecule has 2 rings (SSSR count). The second-order valence-corrected chi connectivity index (χ2v) is 3.84. The number of ether oxygens (including phenoxy) is 1. The Bertz CT molecular complexity index is 546. The topological polar surface area (TPSA) is 33.8 Å². The van der Waals surface area contributed by atoms with Crippen molar-refractivity contribution >= 4 is 0 Å². The summed E-state index contributed by atoms with van der Waals surface area (Å²) in [5.74, 6) is 1.40. The average molecular weight is 239 g/mol. The lowest BCUT2D eigenvalue weighted by molar-refractivity contribution is 0.195. The van der Waals surface area contributed by atoms with Gasteiger partial charge in [0.25, 0.3) is 0 Å². The van der Waals surface area contributed by atoms with Gasteiger partial charge in [0.1, 0.15) is 11.5 Å². The monoisotopic (exact) mass is 239 g/mol. The number of hydrogen-bond acceptors (Lipinski definition) is 2. The van der Waals surface area contributed by atoms with Gasteiger partial charge in [-0.05, 0) is 29.8 Å². The van der Waals surface area contributed by atoms with Crippen LogP contribution in [0.5, 0.6) is 11.5 Å². The Morgan fingerprint density at radius 3 is 2.50 bits per heavy atom. The minimum atomic E-state index is -0.762. The van der Waals surface area contributed by atoms with Crippen molar-refractivity contribution in [1.82, 2.24) is 0 Å². The smallest absolute Gasteiger partial charge is 0.244 e. The van der Waals surface area contributed by atoms with Crippen molar-refractivity contribution in [2.75, 3.05) is 6.54 Å². The molecule has 0 fully saturated rings. The first kappa shape index (κ1) is 12.2. The number of benzene rings is 2. The Labute approximate surface area is 106 Å². The molecule has 1 atom stereocenters. The quantitative estimate of drug-likeness (QED) is 0.829. The number of nitrogens with zero attached hydrogens (tertiary/aromatic N) is 1. The van der Waals surface area contributed by atoms with Crippen LogP contribution in [-0.2, 0) is 0 Å². The van der Waals surface area contributed by atoms with Gasteiger partial charge in [0.2, 0.25) is 6.54 Å². The van der Waals surface area contributed by atoms with E-state index in [1.165, 1.54) is 0 Å². The van der Waals surface area contributed by atoms with Gasteiger partial charge in [-0.25, -0.2) is 6.57 Å². The minimum Gasteiger partial charge on any atom is -0.457 e. The van der Waals surface area contributed by atoms with E-state index in [1.54, 1.807) is 18.2 Å². The maximum atomic E-state index is 9.74.